The molecule has 0 spiro atoms. The second-order valence-corrected chi connectivity index (χ2v) is 5.46. The van der Waals surface area contributed by atoms with Gasteiger partial charge in [0.25, 0.3) is 5.91 Å². The number of hydrogen-bond donors (Lipinski definition) is 4. The largest absolute Gasteiger partial charge is 0.508 e. The number of phenols is 1. The average Bonchev–Trinajstić information content (AvgIpc) is 2.35. The summed E-state index contributed by atoms with van der Waals surface area (Å²) in [6, 6.07) is 4.13. The van der Waals surface area contributed by atoms with E-state index in [1.54, 1.807) is 20.8 Å². The molecule has 0 aliphatic heterocycles. The van der Waals surface area contributed by atoms with Crippen LogP contribution < -0.4 is 16.4 Å². The molecule has 0 unspecified atom stereocenters. The number of carbonyl (C=O) groups is 2. The number of benzene rings is 1. The maximum absolute atomic E-state index is 11.8. The smallest absolute Gasteiger partial charge is 0.407 e. The number of alkyl carbamates (subject to hydrolysis) is 1. The number of aromatic hydroxyl groups is 1. The van der Waals surface area contributed by atoms with Gasteiger partial charge in [-0.2, -0.15) is 0 Å². The van der Waals surface area contributed by atoms with E-state index < -0.39 is 17.6 Å². The Hall–Kier alpha value is -2.44. The standard InChI is InChI=1S/C14H21N3O4/c1-14(2,3)21-13(20)17-7-6-16-12(19)10-8-9(18)4-5-11(10)15/h4-5,8,18H,6-7,15H2,1-3H3,(H,16,19)(H,17,20). The van der Waals surface area contributed by atoms with Crippen molar-refractivity contribution in [3.63, 3.8) is 0 Å². The van der Waals surface area contributed by atoms with E-state index in [1.807, 2.05) is 0 Å². The molecule has 21 heavy (non-hydrogen) atoms. The van der Waals surface area contributed by atoms with E-state index in [4.69, 9.17) is 10.5 Å². The van der Waals surface area contributed by atoms with Crippen molar-refractivity contribution in [3.05, 3.63) is 23.8 Å². The number of hydrogen-bond acceptors (Lipinski definition) is 5. The molecule has 0 saturated heterocycles. The quantitative estimate of drug-likeness (QED) is 0.379. The highest BCUT2D eigenvalue weighted by Gasteiger charge is 2.15. The van der Waals surface area contributed by atoms with Crippen molar-refractivity contribution in [1.29, 1.82) is 0 Å². The molecule has 0 aromatic heterocycles. The van der Waals surface area contributed by atoms with E-state index in [-0.39, 0.29) is 30.1 Å². The lowest BCUT2D eigenvalue weighted by atomic mass is 10.1. The highest BCUT2D eigenvalue weighted by atomic mass is 16.6. The lowest BCUT2D eigenvalue weighted by molar-refractivity contribution is 0.0526. The highest BCUT2D eigenvalue weighted by molar-refractivity contribution is 5.99. The number of nitrogens with two attached hydrogens (primary N) is 1. The summed E-state index contributed by atoms with van der Waals surface area (Å²) in [4.78, 5) is 23.2. The van der Waals surface area contributed by atoms with Crippen LogP contribution in [0.4, 0.5) is 10.5 Å². The molecule has 7 heteroatoms. The minimum Gasteiger partial charge on any atom is -0.508 e. The maximum atomic E-state index is 11.8. The van der Waals surface area contributed by atoms with E-state index in [2.05, 4.69) is 10.6 Å². The second-order valence-electron chi connectivity index (χ2n) is 5.46. The fraction of sp³-hybridized carbons (Fsp3) is 0.429. The molecule has 0 bridgehead atoms. The summed E-state index contributed by atoms with van der Waals surface area (Å²) in [5, 5.41) is 14.4. The molecule has 0 saturated carbocycles. The van der Waals surface area contributed by atoms with Crippen LogP contribution in [0.1, 0.15) is 31.1 Å². The van der Waals surface area contributed by atoms with Crippen molar-refractivity contribution < 1.29 is 19.4 Å². The van der Waals surface area contributed by atoms with Crippen molar-refractivity contribution >= 4 is 17.7 Å². The zero-order valence-corrected chi connectivity index (χ0v) is 12.4. The fourth-order valence-corrected chi connectivity index (χ4v) is 1.49. The van der Waals surface area contributed by atoms with E-state index in [0.717, 1.165) is 0 Å². The van der Waals surface area contributed by atoms with E-state index in [0.29, 0.717) is 0 Å². The zero-order valence-electron chi connectivity index (χ0n) is 12.4. The van der Waals surface area contributed by atoms with E-state index in [9.17, 15) is 14.7 Å². The van der Waals surface area contributed by atoms with Crippen molar-refractivity contribution in [2.45, 2.75) is 26.4 Å². The summed E-state index contributed by atoms with van der Waals surface area (Å²) in [6.07, 6.45) is -0.548. The number of carbonyl (C=O) groups excluding carboxylic acids is 2. The molecule has 5 N–H and O–H groups in total. The molecule has 0 fully saturated rings. The third kappa shape index (κ3) is 6.03. The number of nitrogens with one attached hydrogen (secondary N) is 2. The van der Waals surface area contributed by atoms with Gasteiger partial charge in [-0.3, -0.25) is 4.79 Å². The minimum absolute atomic E-state index is 0.0405. The van der Waals surface area contributed by atoms with Crippen LogP contribution in [0, 0.1) is 0 Å². The van der Waals surface area contributed by atoms with Gasteiger partial charge in [0.1, 0.15) is 11.4 Å². The van der Waals surface area contributed by atoms with Gasteiger partial charge in [-0.05, 0) is 39.0 Å². The van der Waals surface area contributed by atoms with Crippen LogP contribution in [0.5, 0.6) is 5.75 Å². The van der Waals surface area contributed by atoms with Gasteiger partial charge in [-0.15, -0.1) is 0 Å². The zero-order chi connectivity index (χ0) is 16.0. The fourth-order valence-electron chi connectivity index (χ4n) is 1.49. The number of phenolic OH excluding ortho intramolecular Hbond substituents is 1. The molecule has 0 aliphatic carbocycles. The number of anilines is 1. The number of ether oxygens (including phenoxy) is 1. The first-order chi connectivity index (χ1) is 9.69. The average molecular weight is 295 g/mol. The highest BCUT2D eigenvalue weighted by Crippen LogP contribution is 2.17. The summed E-state index contributed by atoms with van der Waals surface area (Å²) in [5.74, 6) is -0.462. The molecule has 7 nitrogen and oxygen atoms in total. The Morgan fingerprint density at radius 2 is 1.86 bits per heavy atom. The number of amides is 2. The molecule has 0 radical (unpaired) electrons. The predicted octanol–water partition coefficient (Wildman–Crippen LogP) is 1.23. The molecule has 1 aromatic rings. The van der Waals surface area contributed by atoms with Gasteiger partial charge in [0.05, 0.1) is 5.56 Å². The maximum Gasteiger partial charge on any atom is 0.407 e. The Bertz CT molecular complexity index is 523. The van der Waals surface area contributed by atoms with Crippen LogP contribution in [0.2, 0.25) is 0 Å². The third-order valence-corrected chi connectivity index (χ3v) is 2.36. The van der Waals surface area contributed by atoms with Crippen LogP contribution in [0.15, 0.2) is 18.2 Å². The lowest BCUT2D eigenvalue weighted by Gasteiger charge is -2.19. The van der Waals surface area contributed by atoms with Gasteiger partial charge in [-0.25, -0.2) is 4.79 Å². The topological polar surface area (TPSA) is 114 Å². The van der Waals surface area contributed by atoms with Crippen LogP contribution in [-0.2, 0) is 4.74 Å². The summed E-state index contributed by atoms with van der Waals surface area (Å²) >= 11 is 0. The molecule has 116 valence electrons. The normalized spacial score (nSPS) is 10.8. The van der Waals surface area contributed by atoms with Crippen LogP contribution in [0.3, 0.4) is 0 Å². The van der Waals surface area contributed by atoms with Gasteiger partial charge in [-0.1, -0.05) is 0 Å². The SMILES string of the molecule is CC(C)(C)OC(=O)NCCNC(=O)c1cc(O)ccc1N. The Labute approximate surface area is 123 Å². The molecule has 1 aromatic carbocycles. The van der Waals surface area contributed by atoms with Gasteiger partial charge >= 0.3 is 6.09 Å². The Morgan fingerprint density at radius 3 is 2.48 bits per heavy atom. The molecular weight excluding hydrogens is 274 g/mol. The first kappa shape index (κ1) is 16.6. The van der Waals surface area contributed by atoms with E-state index in [1.165, 1.54) is 18.2 Å². The molecular formula is C14H21N3O4. The van der Waals surface area contributed by atoms with Crippen LogP contribution >= 0.6 is 0 Å². The van der Waals surface area contributed by atoms with Gasteiger partial charge in [0.2, 0.25) is 0 Å². The van der Waals surface area contributed by atoms with E-state index >= 15 is 0 Å². The Kier molecular flexibility index (Phi) is 5.40. The lowest BCUT2D eigenvalue weighted by Crippen LogP contribution is -2.38. The molecule has 1 rings (SSSR count). The van der Waals surface area contributed by atoms with Crippen molar-refractivity contribution in [1.82, 2.24) is 10.6 Å². The summed E-state index contributed by atoms with van der Waals surface area (Å²) < 4.78 is 5.05. The van der Waals surface area contributed by atoms with Crippen molar-refractivity contribution in [2.24, 2.45) is 0 Å². The Balaban J connectivity index is 2.38. The number of rotatable bonds is 4. The van der Waals surface area contributed by atoms with Crippen LogP contribution in [-0.4, -0.2) is 35.8 Å². The van der Waals surface area contributed by atoms with Gasteiger partial charge in [0, 0.05) is 18.8 Å². The summed E-state index contributed by atoms with van der Waals surface area (Å²) in [7, 11) is 0. The monoisotopic (exact) mass is 295 g/mol. The molecule has 0 atom stereocenters. The minimum atomic E-state index is -0.566. The predicted molar refractivity (Wildman–Crippen MR) is 79.1 cm³/mol. The third-order valence-electron chi connectivity index (χ3n) is 2.36. The molecule has 0 heterocycles. The second kappa shape index (κ2) is 6.83. The molecule has 2 amide bonds. The van der Waals surface area contributed by atoms with Gasteiger partial charge in [0.15, 0.2) is 0 Å². The van der Waals surface area contributed by atoms with Crippen molar-refractivity contribution in [3.8, 4) is 5.75 Å². The van der Waals surface area contributed by atoms with Crippen LogP contribution in [0.25, 0.3) is 0 Å². The molecule has 0 aliphatic rings. The first-order valence-corrected chi connectivity index (χ1v) is 6.52. The first-order valence-electron chi connectivity index (χ1n) is 6.52. The summed E-state index contributed by atoms with van der Waals surface area (Å²) in [6.45, 7) is 5.73. The Morgan fingerprint density at radius 1 is 1.24 bits per heavy atom. The van der Waals surface area contributed by atoms with Crippen molar-refractivity contribution in [2.75, 3.05) is 18.8 Å². The van der Waals surface area contributed by atoms with Gasteiger partial charge < -0.3 is 26.2 Å². The summed E-state index contributed by atoms with van der Waals surface area (Å²) in [5.41, 5.74) is 5.54. The number of nitrogen functional groups attached to an aromatic ring is 1.